The second-order valence-electron chi connectivity index (χ2n) is 5.66. The first kappa shape index (κ1) is 17.0. The largest absolute Gasteiger partial charge is 0.361 e. The Bertz CT molecular complexity index is 810. The van der Waals surface area contributed by atoms with Crippen LogP contribution in [0.2, 0.25) is 0 Å². The van der Waals surface area contributed by atoms with Gasteiger partial charge in [-0.3, -0.25) is 4.90 Å². The average Bonchev–Trinajstić information content (AvgIpc) is 2.92. The molecule has 1 aromatic carbocycles. The highest BCUT2D eigenvalue weighted by molar-refractivity contribution is 7.89. The summed E-state index contributed by atoms with van der Waals surface area (Å²) in [5.74, 6) is -1.44. The van der Waals surface area contributed by atoms with Gasteiger partial charge in [-0.2, -0.15) is 4.31 Å². The number of halogens is 2. The van der Waals surface area contributed by atoms with Crippen LogP contribution in [0.4, 0.5) is 8.78 Å². The predicted molar refractivity (Wildman–Crippen MR) is 81.6 cm³/mol. The standard InChI is InChI=1S/C15H17F2N3O3S/c1-11-9-12(18-23-11)10-19-5-7-20(8-6-19)24(21,22)15-13(16)3-2-4-14(15)17/h2-4,9H,5-8,10H2,1H3. The van der Waals surface area contributed by atoms with Gasteiger partial charge in [0.05, 0.1) is 5.69 Å². The molecule has 2 heterocycles. The van der Waals surface area contributed by atoms with E-state index >= 15 is 0 Å². The molecule has 0 N–H and O–H groups in total. The summed E-state index contributed by atoms with van der Waals surface area (Å²) in [6, 6.07) is 4.84. The molecule has 0 saturated carbocycles. The van der Waals surface area contributed by atoms with E-state index in [1.165, 1.54) is 0 Å². The summed E-state index contributed by atoms with van der Waals surface area (Å²) in [6.45, 7) is 3.55. The Morgan fingerprint density at radius 2 is 1.79 bits per heavy atom. The first-order valence-corrected chi connectivity index (χ1v) is 8.90. The number of hydrogen-bond donors (Lipinski definition) is 0. The molecule has 0 spiro atoms. The van der Waals surface area contributed by atoms with Gasteiger partial charge in [0.2, 0.25) is 10.0 Å². The summed E-state index contributed by atoms with van der Waals surface area (Å²) in [7, 11) is -4.19. The molecule has 0 radical (unpaired) electrons. The van der Waals surface area contributed by atoms with Gasteiger partial charge in [-0.1, -0.05) is 11.2 Å². The molecule has 1 saturated heterocycles. The van der Waals surface area contributed by atoms with Crippen molar-refractivity contribution in [1.29, 1.82) is 0 Å². The molecule has 1 aromatic heterocycles. The first-order chi connectivity index (χ1) is 11.4. The molecule has 0 bridgehead atoms. The molecule has 0 atom stereocenters. The van der Waals surface area contributed by atoms with Crippen LogP contribution < -0.4 is 0 Å². The molecule has 6 nitrogen and oxygen atoms in total. The number of aromatic nitrogens is 1. The van der Waals surface area contributed by atoms with Gasteiger partial charge >= 0.3 is 0 Å². The molecule has 0 amide bonds. The van der Waals surface area contributed by atoms with E-state index in [1.807, 2.05) is 11.0 Å². The van der Waals surface area contributed by atoms with Crippen LogP contribution >= 0.6 is 0 Å². The van der Waals surface area contributed by atoms with Crippen molar-refractivity contribution < 1.29 is 21.7 Å². The summed E-state index contributed by atoms with van der Waals surface area (Å²) in [4.78, 5) is 1.13. The average molecular weight is 357 g/mol. The van der Waals surface area contributed by atoms with Crippen molar-refractivity contribution in [3.8, 4) is 0 Å². The SMILES string of the molecule is Cc1cc(CN2CCN(S(=O)(=O)c3c(F)cccc3F)CC2)no1. The zero-order chi connectivity index (χ0) is 17.3. The molecule has 130 valence electrons. The maximum absolute atomic E-state index is 13.8. The van der Waals surface area contributed by atoms with Crippen LogP contribution in [0.1, 0.15) is 11.5 Å². The normalized spacial score (nSPS) is 17.3. The monoisotopic (exact) mass is 357 g/mol. The van der Waals surface area contributed by atoms with Crippen molar-refractivity contribution in [1.82, 2.24) is 14.4 Å². The minimum atomic E-state index is -4.19. The lowest BCUT2D eigenvalue weighted by Gasteiger charge is -2.33. The van der Waals surface area contributed by atoms with E-state index < -0.39 is 26.6 Å². The van der Waals surface area contributed by atoms with E-state index in [4.69, 9.17) is 4.52 Å². The van der Waals surface area contributed by atoms with Gasteiger partial charge < -0.3 is 4.52 Å². The van der Waals surface area contributed by atoms with Crippen LogP contribution in [0.15, 0.2) is 33.7 Å². The highest BCUT2D eigenvalue weighted by atomic mass is 32.2. The molecular formula is C15H17F2N3O3S. The number of nitrogens with zero attached hydrogens (tertiary/aromatic N) is 3. The van der Waals surface area contributed by atoms with Gasteiger partial charge in [0.25, 0.3) is 0 Å². The Morgan fingerprint density at radius 3 is 2.33 bits per heavy atom. The zero-order valence-electron chi connectivity index (χ0n) is 13.1. The summed E-state index contributed by atoms with van der Waals surface area (Å²) in [6.07, 6.45) is 0. The van der Waals surface area contributed by atoms with E-state index in [2.05, 4.69) is 5.16 Å². The van der Waals surface area contributed by atoms with Crippen LogP contribution in [0.25, 0.3) is 0 Å². The maximum atomic E-state index is 13.8. The van der Waals surface area contributed by atoms with Gasteiger partial charge in [-0.25, -0.2) is 17.2 Å². The molecule has 24 heavy (non-hydrogen) atoms. The number of hydrogen-bond acceptors (Lipinski definition) is 5. The second-order valence-corrected chi connectivity index (χ2v) is 7.53. The smallest absolute Gasteiger partial charge is 0.249 e. The molecule has 1 aliphatic rings. The number of piperazine rings is 1. The Balaban J connectivity index is 1.69. The fourth-order valence-corrected chi connectivity index (χ4v) is 4.24. The van der Waals surface area contributed by atoms with Crippen LogP contribution in [0.5, 0.6) is 0 Å². The lowest BCUT2D eigenvalue weighted by molar-refractivity contribution is 0.177. The highest BCUT2D eigenvalue weighted by Gasteiger charge is 2.33. The quantitative estimate of drug-likeness (QED) is 0.834. The van der Waals surface area contributed by atoms with Crippen molar-refractivity contribution in [3.05, 3.63) is 47.4 Å². The summed E-state index contributed by atoms with van der Waals surface area (Å²) < 4.78 is 58.7. The van der Waals surface area contributed by atoms with Crippen LogP contribution in [0.3, 0.4) is 0 Å². The molecule has 9 heteroatoms. The summed E-state index contributed by atoms with van der Waals surface area (Å²) in [5, 5.41) is 3.90. The molecule has 1 aliphatic heterocycles. The molecule has 0 unspecified atom stereocenters. The van der Waals surface area contributed by atoms with Gasteiger partial charge in [0.1, 0.15) is 17.4 Å². The fourth-order valence-electron chi connectivity index (χ4n) is 2.71. The zero-order valence-corrected chi connectivity index (χ0v) is 13.9. The number of rotatable bonds is 4. The third-order valence-electron chi connectivity index (χ3n) is 3.91. The Morgan fingerprint density at radius 1 is 1.17 bits per heavy atom. The highest BCUT2D eigenvalue weighted by Crippen LogP contribution is 2.23. The number of benzene rings is 1. The van der Waals surface area contributed by atoms with E-state index in [9.17, 15) is 17.2 Å². The van der Waals surface area contributed by atoms with Crippen molar-refractivity contribution in [3.63, 3.8) is 0 Å². The minimum Gasteiger partial charge on any atom is -0.361 e. The van der Waals surface area contributed by atoms with E-state index in [0.29, 0.717) is 25.4 Å². The molecule has 2 aromatic rings. The van der Waals surface area contributed by atoms with Crippen molar-refractivity contribution in [2.24, 2.45) is 0 Å². The molecule has 0 aliphatic carbocycles. The van der Waals surface area contributed by atoms with Crippen molar-refractivity contribution >= 4 is 10.0 Å². The van der Waals surface area contributed by atoms with Gasteiger partial charge in [-0.05, 0) is 19.1 Å². The minimum absolute atomic E-state index is 0.160. The van der Waals surface area contributed by atoms with Crippen LogP contribution in [-0.2, 0) is 16.6 Å². The Hall–Kier alpha value is -1.84. The lowest BCUT2D eigenvalue weighted by Crippen LogP contribution is -2.48. The summed E-state index contributed by atoms with van der Waals surface area (Å²) in [5.41, 5.74) is 0.768. The Kier molecular flexibility index (Phi) is 4.66. The van der Waals surface area contributed by atoms with Crippen molar-refractivity contribution in [2.45, 2.75) is 18.4 Å². The van der Waals surface area contributed by atoms with Gasteiger partial charge in [-0.15, -0.1) is 0 Å². The number of sulfonamides is 1. The predicted octanol–water partition coefficient (Wildman–Crippen LogP) is 1.77. The molecule has 1 fully saturated rings. The number of aryl methyl sites for hydroxylation is 1. The van der Waals surface area contributed by atoms with Crippen LogP contribution in [0, 0.1) is 18.6 Å². The third kappa shape index (κ3) is 3.33. The van der Waals surface area contributed by atoms with E-state index in [1.54, 1.807) is 6.92 Å². The third-order valence-corrected chi connectivity index (χ3v) is 5.86. The Labute approximate surface area is 138 Å². The van der Waals surface area contributed by atoms with Gasteiger partial charge in [0, 0.05) is 38.8 Å². The topological polar surface area (TPSA) is 66.7 Å². The van der Waals surface area contributed by atoms with Gasteiger partial charge in [0.15, 0.2) is 4.90 Å². The molecule has 3 rings (SSSR count). The van der Waals surface area contributed by atoms with E-state index in [-0.39, 0.29) is 13.1 Å². The maximum Gasteiger partial charge on any atom is 0.249 e. The summed E-state index contributed by atoms with van der Waals surface area (Å²) >= 11 is 0. The first-order valence-electron chi connectivity index (χ1n) is 7.46. The molecular weight excluding hydrogens is 340 g/mol. The fraction of sp³-hybridized carbons (Fsp3) is 0.400. The second kappa shape index (κ2) is 6.58. The lowest BCUT2D eigenvalue weighted by atomic mass is 10.3. The van der Waals surface area contributed by atoms with E-state index in [0.717, 1.165) is 28.2 Å². The van der Waals surface area contributed by atoms with Crippen molar-refractivity contribution in [2.75, 3.05) is 26.2 Å². The van der Waals surface area contributed by atoms with Crippen LogP contribution in [-0.4, -0.2) is 49.0 Å².